The summed E-state index contributed by atoms with van der Waals surface area (Å²) < 4.78 is 18.2. The quantitative estimate of drug-likeness (QED) is 0.763. The van der Waals surface area contributed by atoms with Gasteiger partial charge in [0.25, 0.3) is 0 Å². The molecule has 7 heteroatoms. The van der Waals surface area contributed by atoms with Crippen molar-refractivity contribution in [1.29, 1.82) is 0 Å². The van der Waals surface area contributed by atoms with Crippen LogP contribution in [0.1, 0.15) is 19.0 Å². The second-order valence-corrected chi connectivity index (χ2v) is 4.99. The molecule has 1 heterocycles. The van der Waals surface area contributed by atoms with Crippen molar-refractivity contribution in [1.82, 2.24) is 10.3 Å². The molecule has 0 spiro atoms. The number of hydrogen-bond acceptors (Lipinski definition) is 4. The van der Waals surface area contributed by atoms with Crippen molar-refractivity contribution < 1.29 is 23.5 Å². The molecule has 1 unspecified atom stereocenters. The van der Waals surface area contributed by atoms with Crippen LogP contribution in [-0.2, 0) is 16.0 Å². The molecule has 0 radical (unpaired) electrons. The third-order valence-corrected chi connectivity index (χ3v) is 3.35. The largest absolute Gasteiger partial charge is 0.481 e. The first-order chi connectivity index (χ1) is 11.0. The summed E-state index contributed by atoms with van der Waals surface area (Å²) in [4.78, 5) is 26.8. The normalized spacial score (nSPS) is 11.9. The third-order valence-electron chi connectivity index (χ3n) is 3.35. The first-order valence-corrected chi connectivity index (χ1v) is 7.22. The lowest BCUT2D eigenvalue weighted by Gasteiger charge is -2.09. The number of halogens is 1. The Labute approximate surface area is 132 Å². The number of nitrogens with zero attached hydrogens (tertiary/aromatic N) is 1. The molecule has 2 rings (SSSR count). The van der Waals surface area contributed by atoms with Crippen LogP contribution in [0.5, 0.6) is 0 Å². The van der Waals surface area contributed by atoms with Crippen LogP contribution in [0.3, 0.4) is 0 Å². The third kappa shape index (κ3) is 4.38. The maximum absolute atomic E-state index is 12.9. The van der Waals surface area contributed by atoms with Crippen molar-refractivity contribution in [3.8, 4) is 11.5 Å². The number of aromatic nitrogens is 1. The van der Waals surface area contributed by atoms with Crippen molar-refractivity contribution in [2.24, 2.45) is 5.92 Å². The van der Waals surface area contributed by atoms with Crippen molar-refractivity contribution in [3.63, 3.8) is 0 Å². The van der Waals surface area contributed by atoms with Gasteiger partial charge in [0.15, 0.2) is 0 Å². The Morgan fingerprint density at radius 1 is 1.35 bits per heavy atom. The van der Waals surface area contributed by atoms with Gasteiger partial charge < -0.3 is 14.8 Å². The summed E-state index contributed by atoms with van der Waals surface area (Å²) in [7, 11) is 0. The fraction of sp³-hybridized carbons (Fsp3) is 0.312. The molecule has 122 valence electrons. The van der Waals surface area contributed by atoms with Crippen LogP contribution in [0, 0.1) is 11.7 Å². The summed E-state index contributed by atoms with van der Waals surface area (Å²) in [6.07, 6.45) is 2.10. The molecule has 2 N–H and O–H groups in total. The van der Waals surface area contributed by atoms with E-state index in [1.165, 1.54) is 18.4 Å². The molecule has 2 aromatic rings. The smallest absolute Gasteiger partial charge is 0.316 e. The summed E-state index contributed by atoms with van der Waals surface area (Å²) >= 11 is 0. The topological polar surface area (TPSA) is 92.4 Å². The molecular formula is C16H17FN2O4. The van der Waals surface area contributed by atoms with Gasteiger partial charge in [-0.3, -0.25) is 9.59 Å². The minimum absolute atomic E-state index is 0.236. The van der Waals surface area contributed by atoms with E-state index in [0.717, 1.165) is 0 Å². The number of amides is 1. The molecule has 23 heavy (non-hydrogen) atoms. The fourth-order valence-corrected chi connectivity index (χ4v) is 2.06. The number of rotatable bonds is 7. The average Bonchev–Trinajstić information content (AvgIpc) is 2.97. The Hall–Kier alpha value is -2.70. The molecule has 1 atom stereocenters. The Kier molecular flexibility index (Phi) is 5.46. The second kappa shape index (κ2) is 7.53. The predicted octanol–water partition coefficient (Wildman–Crippen LogP) is 2.25. The number of aliphatic carboxylic acids is 1. The number of carboxylic acid groups (broad SMARTS) is 1. The Balaban J connectivity index is 1.89. The van der Waals surface area contributed by atoms with Gasteiger partial charge in [-0.05, 0) is 30.7 Å². The SMILES string of the molecule is CCC(C(=O)O)C(=O)NCCc1coc(-c2ccc(F)cc2)n1. The van der Waals surface area contributed by atoms with Crippen molar-refractivity contribution >= 4 is 11.9 Å². The molecule has 0 fully saturated rings. The van der Waals surface area contributed by atoms with Gasteiger partial charge in [-0.2, -0.15) is 0 Å². The van der Waals surface area contributed by atoms with Crippen LogP contribution in [0.25, 0.3) is 11.5 Å². The van der Waals surface area contributed by atoms with Gasteiger partial charge in [0.1, 0.15) is 18.0 Å². The molecule has 1 aromatic heterocycles. The van der Waals surface area contributed by atoms with Gasteiger partial charge in [-0.25, -0.2) is 9.37 Å². The van der Waals surface area contributed by atoms with E-state index in [0.29, 0.717) is 23.6 Å². The van der Waals surface area contributed by atoms with Gasteiger partial charge in [0.2, 0.25) is 11.8 Å². The van der Waals surface area contributed by atoms with Crippen LogP contribution >= 0.6 is 0 Å². The van der Waals surface area contributed by atoms with Gasteiger partial charge in [-0.1, -0.05) is 6.92 Å². The fourth-order valence-electron chi connectivity index (χ4n) is 2.06. The number of benzene rings is 1. The highest BCUT2D eigenvalue weighted by Gasteiger charge is 2.23. The minimum atomic E-state index is -1.13. The molecular weight excluding hydrogens is 303 g/mol. The van der Waals surface area contributed by atoms with E-state index in [4.69, 9.17) is 9.52 Å². The molecule has 0 saturated carbocycles. The summed E-state index contributed by atoms with van der Waals surface area (Å²) in [5.74, 6) is -2.66. The molecule has 0 bridgehead atoms. The number of oxazole rings is 1. The lowest BCUT2D eigenvalue weighted by Crippen LogP contribution is -2.36. The summed E-state index contributed by atoms with van der Waals surface area (Å²) in [5.41, 5.74) is 1.27. The standard InChI is InChI=1S/C16H17FN2O4/c1-2-13(16(21)22)14(20)18-8-7-12-9-23-15(19-12)10-3-5-11(17)6-4-10/h3-6,9,13H,2,7-8H2,1H3,(H,18,20)(H,21,22). The maximum atomic E-state index is 12.9. The number of nitrogens with one attached hydrogen (secondary N) is 1. The van der Waals surface area contributed by atoms with E-state index in [1.807, 2.05) is 0 Å². The number of carbonyl (C=O) groups excluding carboxylic acids is 1. The van der Waals surface area contributed by atoms with E-state index in [2.05, 4.69) is 10.3 Å². The maximum Gasteiger partial charge on any atom is 0.316 e. The zero-order chi connectivity index (χ0) is 16.8. The van der Waals surface area contributed by atoms with Gasteiger partial charge in [0.05, 0.1) is 5.69 Å². The average molecular weight is 320 g/mol. The lowest BCUT2D eigenvalue weighted by molar-refractivity contribution is -0.147. The van der Waals surface area contributed by atoms with Crippen LogP contribution in [0.2, 0.25) is 0 Å². The number of carbonyl (C=O) groups is 2. The highest BCUT2D eigenvalue weighted by atomic mass is 19.1. The highest BCUT2D eigenvalue weighted by Crippen LogP contribution is 2.19. The molecule has 6 nitrogen and oxygen atoms in total. The molecule has 0 aliphatic carbocycles. The first-order valence-electron chi connectivity index (χ1n) is 7.22. The van der Waals surface area contributed by atoms with Crippen LogP contribution in [-0.4, -0.2) is 28.5 Å². The zero-order valence-corrected chi connectivity index (χ0v) is 12.6. The Bertz CT molecular complexity index is 682. The lowest BCUT2D eigenvalue weighted by atomic mass is 10.1. The molecule has 1 aromatic carbocycles. The van der Waals surface area contributed by atoms with Crippen LogP contribution in [0.4, 0.5) is 4.39 Å². The van der Waals surface area contributed by atoms with Crippen molar-refractivity contribution in [2.45, 2.75) is 19.8 Å². The molecule has 0 aliphatic heterocycles. The minimum Gasteiger partial charge on any atom is -0.481 e. The van der Waals surface area contributed by atoms with Gasteiger partial charge in [-0.15, -0.1) is 0 Å². The summed E-state index contributed by atoms with van der Waals surface area (Å²) in [6.45, 7) is 1.91. The number of carboxylic acids is 1. The second-order valence-electron chi connectivity index (χ2n) is 4.99. The summed E-state index contributed by atoms with van der Waals surface area (Å²) in [6, 6.07) is 5.75. The highest BCUT2D eigenvalue weighted by molar-refractivity contribution is 5.96. The van der Waals surface area contributed by atoms with Gasteiger partial charge >= 0.3 is 5.97 Å². The van der Waals surface area contributed by atoms with E-state index in [-0.39, 0.29) is 18.8 Å². The van der Waals surface area contributed by atoms with E-state index in [9.17, 15) is 14.0 Å². The first kappa shape index (κ1) is 16.7. The van der Waals surface area contributed by atoms with Crippen LogP contribution in [0.15, 0.2) is 34.9 Å². The number of hydrogen-bond donors (Lipinski definition) is 2. The molecule has 0 saturated heterocycles. The predicted molar refractivity (Wildman–Crippen MR) is 80.0 cm³/mol. The Morgan fingerprint density at radius 2 is 2.04 bits per heavy atom. The van der Waals surface area contributed by atoms with Crippen molar-refractivity contribution in [3.05, 3.63) is 42.0 Å². The summed E-state index contributed by atoms with van der Waals surface area (Å²) in [5, 5.41) is 11.5. The molecule has 0 aliphatic rings. The monoisotopic (exact) mass is 320 g/mol. The van der Waals surface area contributed by atoms with E-state index in [1.54, 1.807) is 19.1 Å². The van der Waals surface area contributed by atoms with Crippen LogP contribution < -0.4 is 5.32 Å². The zero-order valence-electron chi connectivity index (χ0n) is 12.6. The van der Waals surface area contributed by atoms with Gasteiger partial charge in [0, 0.05) is 18.5 Å². The Morgan fingerprint density at radius 3 is 2.65 bits per heavy atom. The van der Waals surface area contributed by atoms with E-state index < -0.39 is 17.8 Å². The molecule has 1 amide bonds. The van der Waals surface area contributed by atoms with Crippen molar-refractivity contribution in [2.75, 3.05) is 6.54 Å². The van der Waals surface area contributed by atoms with E-state index >= 15 is 0 Å².